The van der Waals surface area contributed by atoms with E-state index in [0.717, 1.165) is 6.42 Å². The summed E-state index contributed by atoms with van der Waals surface area (Å²) in [6, 6.07) is 0.258. The quantitative estimate of drug-likeness (QED) is 0.785. The van der Waals surface area contributed by atoms with Crippen molar-refractivity contribution in [1.82, 2.24) is 5.32 Å². The lowest BCUT2D eigenvalue weighted by molar-refractivity contribution is -0.144. The van der Waals surface area contributed by atoms with Crippen LogP contribution < -0.4 is 5.32 Å². The molecule has 1 rings (SSSR count). The Morgan fingerprint density at radius 2 is 2.00 bits per heavy atom. The minimum atomic E-state index is -0.177. The first-order valence-electron chi connectivity index (χ1n) is 7.10. The van der Waals surface area contributed by atoms with Gasteiger partial charge in [0.15, 0.2) is 0 Å². The Kier molecular flexibility index (Phi) is 5.20. The molecule has 1 aliphatic rings. The van der Waals surface area contributed by atoms with Gasteiger partial charge in [0.2, 0.25) is 0 Å². The van der Waals surface area contributed by atoms with E-state index >= 15 is 0 Å². The van der Waals surface area contributed by atoms with Crippen LogP contribution in [-0.2, 0) is 9.53 Å². The molecule has 0 radical (unpaired) electrons. The Morgan fingerprint density at radius 3 is 2.44 bits per heavy atom. The third-order valence-electron chi connectivity index (χ3n) is 4.21. The van der Waals surface area contributed by atoms with E-state index in [9.17, 15) is 4.79 Å². The van der Waals surface area contributed by atoms with E-state index < -0.39 is 0 Å². The average Bonchev–Trinajstić information content (AvgIpc) is 2.25. The van der Waals surface area contributed by atoms with Gasteiger partial charge in [-0.25, -0.2) is 0 Å². The fraction of sp³-hybridized carbons (Fsp3) is 0.933. The van der Waals surface area contributed by atoms with Crippen LogP contribution in [0.3, 0.4) is 0 Å². The molecule has 0 heterocycles. The van der Waals surface area contributed by atoms with Crippen molar-refractivity contribution < 1.29 is 9.53 Å². The van der Waals surface area contributed by atoms with Crippen LogP contribution in [0.15, 0.2) is 0 Å². The zero-order valence-electron chi connectivity index (χ0n) is 12.7. The summed E-state index contributed by atoms with van der Waals surface area (Å²) in [4.78, 5) is 11.8. The number of hydrogen-bond donors (Lipinski definition) is 1. The molecule has 0 aromatic carbocycles. The van der Waals surface area contributed by atoms with Gasteiger partial charge in [-0.1, -0.05) is 34.6 Å². The maximum Gasteiger partial charge on any atom is 0.323 e. The van der Waals surface area contributed by atoms with Gasteiger partial charge in [-0.2, -0.15) is 0 Å². The molecule has 0 saturated heterocycles. The first-order valence-corrected chi connectivity index (χ1v) is 7.10. The Hall–Kier alpha value is -0.570. The summed E-state index contributed by atoms with van der Waals surface area (Å²) in [6.07, 6.45) is 3.59. The number of hydrogen-bond acceptors (Lipinski definition) is 3. The van der Waals surface area contributed by atoms with Crippen LogP contribution in [-0.4, -0.2) is 25.2 Å². The van der Waals surface area contributed by atoms with Crippen LogP contribution in [0.5, 0.6) is 0 Å². The fourth-order valence-electron chi connectivity index (χ4n) is 3.08. The van der Waals surface area contributed by atoms with Crippen molar-refractivity contribution in [2.45, 2.75) is 66.0 Å². The second-order valence-corrected chi connectivity index (χ2v) is 6.90. The number of rotatable bonds is 4. The van der Waals surface area contributed by atoms with Gasteiger partial charge in [0.05, 0.1) is 7.11 Å². The topological polar surface area (TPSA) is 38.3 Å². The SMILES string of the molecule is COC(=O)C(NC1CCC(C)(C)CC1C)C(C)C. The van der Waals surface area contributed by atoms with Crippen LogP contribution in [0, 0.1) is 17.3 Å². The standard InChI is InChI=1S/C15H29NO2/c1-10(2)13(14(17)18-6)16-12-7-8-15(4,5)9-11(12)3/h10-13,16H,7-9H2,1-6H3. The average molecular weight is 255 g/mol. The molecular weight excluding hydrogens is 226 g/mol. The van der Waals surface area contributed by atoms with E-state index in [-0.39, 0.29) is 17.9 Å². The minimum absolute atomic E-state index is 0.137. The zero-order chi connectivity index (χ0) is 13.9. The summed E-state index contributed by atoms with van der Waals surface area (Å²) >= 11 is 0. The molecule has 1 saturated carbocycles. The Labute approximate surface area is 112 Å². The second kappa shape index (κ2) is 6.05. The van der Waals surface area contributed by atoms with Gasteiger partial charge < -0.3 is 10.1 Å². The molecular formula is C15H29NO2. The summed E-state index contributed by atoms with van der Waals surface area (Å²) in [6.45, 7) is 11.1. The van der Waals surface area contributed by atoms with E-state index in [1.807, 2.05) is 0 Å². The van der Waals surface area contributed by atoms with Gasteiger partial charge in [-0.05, 0) is 36.5 Å². The largest absolute Gasteiger partial charge is 0.468 e. The van der Waals surface area contributed by atoms with Gasteiger partial charge >= 0.3 is 5.97 Å². The van der Waals surface area contributed by atoms with E-state index in [1.165, 1.54) is 20.0 Å². The molecule has 1 fully saturated rings. The van der Waals surface area contributed by atoms with Crippen molar-refractivity contribution in [3.63, 3.8) is 0 Å². The molecule has 0 aliphatic heterocycles. The lowest BCUT2D eigenvalue weighted by atomic mass is 9.70. The summed E-state index contributed by atoms with van der Waals surface area (Å²) in [7, 11) is 1.47. The van der Waals surface area contributed by atoms with Crippen molar-refractivity contribution in [3.05, 3.63) is 0 Å². The maximum atomic E-state index is 11.8. The highest BCUT2D eigenvalue weighted by Crippen LogP contribution is 2.38. The molecule has 3 nitrogen and oxygen atoms in total. The van der Waals surface area contributed by atoms with E-state index in [2.05, 4.69) is 39.9 Å². The van der Waals surface area contributed by atoms with Crippen molar-refractivity contribution in [1.29, 1.82) is 0 Å². The third-order valence-corrected chi connectivity index (χ3v) is 4.21. The number of methoxy groups -OCH3 is 1. The molecule has 3 heteroatoms. The van der Waals surface area contributed by atoms with E-state index in [0.29, 0.717) is 17.4 Å². The van der Waals surface area contributed by atoms with Gasteiger partial charge in [-0.3, -0.25) is 4.79 Å². The zero-order valence-corrected chi connectivity index (χ0v) is 12.7. The first-order chi connectivity index (χ1) is 8.26. The number of nitrogens with one attached hydrogen (secondary N) is 1. The summed E-state index contributed by atoms with van der Waals surface area (Å²) in [5.74, 6) is 0.737. The highest BCUT2D eigenvalue weighted by molar-refractivity contribution is 5.75. The lowest BCUT2D eigenvalue weighted by Gasteiger charge is -2.41. The molecule has 3 atom stereocenters. The van der Waals surface area contributed by atoms with Crippen molar-refractivity contribution in [2.75, 3.05) is 7.11 Å². The highest BCUT2D eigenvalue weighted by Gasteiger charge is 2.35. The molecule has 106 valence electrons. The fourth-order valence-corrected chi connectivity index (χ4v) is 3.08. The summed E-state index contributed by atoms with van der Waals surface area (Å²) in [5.41, 5.74) is 0.441. The van der Waals surface area contributed by atoms with Crippen LogP contribution in [0.1, 0.15) is 53.9 Å². The Morgan fingerprint density at radius 1 is 1.39 bits per heavy atom. The van der Waals surface area contributed by atoms with Crippen molar-refractivity contribution in [3.8, 4) is 0 Å². The minimum Gasteiger partial charge on any atom is -0.468 e. The van der Waals surface area contributed by atoms with Crippen LogP contribution in [0.4, 0.5) is 0 Å². The van der Waals surface area contributed by atoms with Gasteiger partial charge in [0.1, 0.15) is 6.04 Å². The van der Waals surface area contributed by atoms with Gasteiger partial charge in [0.25, 0.3) is 0 Å². The second-order valence-electron chi connectivity index (χ2n) is 6.90. The third kappa shape index (κ3) is 3.98. The monoisotopic (exact) mass is 255 g/mol. The summed E-state index contributed by atoms with van der Waals surface area (Å²) in [5, 5.41) is 3.52. The number of carbonyl (C=O) groups is 1. The van der Waals surface area contributed by atoms with Crippen molar-refractivity contribution >= 4 is 5.97 Å². The van der Waals surface area contributed by atoms with E-state index in [1.54, 1.807) is 0 Å². The molecule has 0 spiro atoms. The van der Waals surface area contributed by atoms with E-state index in [4.69, 9.17) is 4.74 Å². The molecule has 18 heavy (non-hydrogen) atoms. The molecule has 0 aromatic rings. The van der Waals surface area contributed by atoms with Crippen molar-refractivity contribution in [2.24, 2.45) is 17.3 Å². The smallest absolute Gasteiger partial charge is 0.323 e. The molecule has 1 aliphatic carbocycles. The number of carbonyl (C=O) groups excluding carboxylic acids is 1. The van der Waals surface area contributed by atoms with Crippen LogP contribution in [0.2, 0.25) is 0 Å². The Bertz CT molecular complexity index is 286. The first kappa shape index (κ1) is 15.5. The van der Waals surface area contributed by atoms with Crippen LogP contribution >= 0.6 is 0 Å². The number of esters is 1. The Balaban J connectivity index is 2.63. The van der Waals surface area contributed by atoms with Gasteiger partial charge in [-0.15, -0.1) is 0 Å². The maximum absolute atomic E-state index is 11.8. The molecule has 0 aromatic heterocycles. The highest BCUT2D eigenvalue weighted by atomic mass is 16.5. The number of ether oxygens (including phenoxy) is 1. The lowest BCUT2D eigenvalue weighted by Crippen LogP contribution is -2.51. The molecule has 0 amide bonds. The summed E-state index contributed by atoms with van der Waals surface area (Å²) < 4.78 is 4.89. The normalized spacial score (nSPS) is 29.1. The molecule has 1 N–H and O–H groups in total. The molecule has 3 unspecified atom stereocenters. The predicted molar refractivity (Wildman–Crippen MR) is 74.4 cm³/mol. The predicted octanol–water partition coefficient (Wildman–Crippen LogP) is 2.99. The van der Waals surface area contributed by atoms with Gasteiger partial charge in [0, 0.05) is 6.04 Å². The molecule has 0 bridgehead atoms. The van der Waals surface area contributed by atoms with Crippen LogP contribution in [0.25, 0.3) is 0 Å².